The van der Waals surface area contributed by atoms with Crippen LogP contribution in [0.25, 0.3) is 0 Å². The van der Waals surface area contributed by atoms with Crippen LogP contribution in [0.3, 0.4) is 0 Å². The van der Waals surface area contributed by atoms with Crippen LogP contribution in [0.5, 0.6) is 0 Å². The molecular weight excluding hydrogens is 202 g/mol. The first-order chi connectivity index (χ1) is 7.91. The van der Waals surface area contributed by atoms with Crippen LogP contribution < -0.4 is 5.32 Å². The minimum absolute atomic E-state index is 0.347. The highest BCUT2D eigenvalue weighted by molar-refractivity contribution is 4.98. The number of hydrogen-bond donors (Lipinski definition) is 1. The van der Waals surface area contributed by atoms with Crippen molar-refractivity contribution in [1.82, 2.24) is 5.32 Å². The minimum Gasteiger partial charge on any atom is -0.376 e. The van der Waals surface area contributed by atoms with Crippen molar-refractivity contribution >= 4 is 0 Å². The lowest BCUT2D eigenvalue weighted by molar-refractivity contribution is -0.138. The molecule has 3 fully saturated rings. The second-order valence-corrected chi connectivity index (χ2v) is 5.61. The van der Waals surface area contributed by atoms with E-state index in [2.05, 4.69) is 5.32 Å². The van der Waals surface area contributed by atoms with E-state index in [1.807, 2.05) is 0 Å². The predicted octanol–water partition coefficient (Wildman–Crippen LogP) is 1.57. The molecule has 3 heteroatoms. The summed E-state index contributed by atoms with van der Waals surface area (Å²) >= 11 is 0. The van der Waals surface area contributed by atoms with Crippen LogP contribution in [-0.2, 0) is 9.47 Å². The minimum atomic E-state index is 0.347. The van der Waals surface area contributed by atoms with E-state index >= 15 is 0 Å². The van der Waals surface area contributed by atoms with E-state index in [0.29, 0.717) is 17.4 Å². The lowest BCUT2D eigenvalue weighted by atomic mass is 9.67. The van der Waals surface area contributed by atoms with Crippen LogP contribution in [0, 0.1) is 11.3 Å². The Labute approximate surface area is 97.9 Å². The summed E-state index contributed by atoms with van der Waals surface area (Å²) in [6.45, 7) is 4.72. The van der Waals surface area contributed by atoms with Gasteiger partial charge in [0.15, 0.2) is 0 Å². The van der Waals surface area contributed by atoms with E-state index < -0.39 is 0 Å². The third-order valence-corrected chi connectivity index (χ3v) is 4.84. The molecule has 1 N–H and O–H groups in total. The van der Waals surface area contributed by atoms with Gasteiger partial charge in [-0.25, -0.2) is 0 Å². The third kappa shape index (κ3) is 1.89. The van der Waals surface area contributed by atoms with Crippen molar-refractivity contribution in [3.05, 3.63) is 0 Å². The van der Waals surface area contributed by atoms with Gasteiger partial charge in [0.25, 0.3) is 0 Å². The Bertz CT molecular complexity index is 232. The molecule has 3 aliphatic rings. The monoisotopic (exact) mass is 225 g/mol. The fourth-order valence-corrected chi connectivity index (χ4v) is 3.96. The Morgan fingerprint density at radius 1 is 1.06 bits per heavy atom. The maximum atomic E-state index is 5.94. The van der Waals surface area contributed by atoms with E-state index in [1.165, 1.54) is 38.6 Å². The average Bonchev–Trinajstić information content (AvgIpc) is 2.80. The zero-order chi connectivity index (χ0) is 10.8. The molecule has 0 aromatic carbocycles. The highest BCUT2D eigenvalue weighted by Crippen LogP contribution is 2.50. The molecule has 1 aliphatic carbocycles. The van der Waals surface area contributed by atoms with Gasteiger partial charge in [0.2, 0.25) is 0 Å². The molecule has 3 nitrogen and oxygen atoms in total. The number of ether oxygens (including phenoxy) is 2. The SMILES string of the molecule is C1CCC2(C1)CCNCC2C1COCCO1. The summed E-state index contributed by atoms with van der Waals surface area (Å²) < 4.78 is 11.5. The first kappa shape index (κ1) is 11.0. The summed E-state index contributed by atoms with van der Waals surface area (Å²) in [5, 5.41) is 3.55. The van der Waals surface area contributed by atoms with E-state index in [-0.39, 0.29) is 0 Å². The molecular formula is C13H23NO2. The van der Waals surface area contributed by atoms with Crippen molar-refractivity contribution in [2.24, 2.45) is 11.3 Å². The van der Waals surface area contributed by atoms with Crippen molar-refractivity contribution in [1.29, 1.82) is 0 Å². The number of piperidine rings is 1. The molecule has 0 aromatic heterocycles. The molecule has 0 amide bonds. The van der Waals surface area contributed by atoms with Gasteiger partial charge in [-0.1, -0.05) is 12.8 Å². The largest absolute Gasteiger partial charge is 0.376 e. The summed E-state index contributed by atoms with van der Waals surface area (Å²) in [4.78, 5) is 0. The lowest BCUT2D eigenvalue weighted by Crippen LogP contribution is -2.52. The third-order valence-electron chi connectivity index (χ3n) is 4.84. The second kappa shape index (κ2) is 4.63. The fourth-order valence-electron chi connectivity index (χ4n) is 3.96. The first-order valence-electron chi connectivity index (χ1n) is 6.81. The normalized spacial score (nSPS) is 39.0. The number of nitrogens with one attached hydrogen (secondary N) is 1. The van der Waals surface area contributed by atoms with Crippen molar-refractivity contribution in [3.8, 4) is 0 Å². The molecule has 0 aromatic rings. The van der Waals surface area contributed by atoms with Crippen LogP contribution in [0.1, 0.15) is 32.1 Å². The molecule has 2 aliphatic heterocycles. The Kier molecular flexibility index (Phi) is 3.18. The van der Waals surface area contributed by atoms with Crippen LogP contribution in [0.2, 0.25) is 0 Å². The topological polar surface area (TPSA) is 30.5 Å². The Hall–Kier alpha value is -0.120. The maximum Gasteiger partial charge on any atom is 0.0855 e. The molecule has 0 radical (unpaired) electrons. The van der Waals surface area contributed by atoms with Gasteiger partial charge in [0.05, 0.1) is 25.9 Å². The molecule has 1 saturated carbocycles. The molecule has 2 atom stereocenters. The molecule has 3 rings (SSSR count). The van der Waals surface area contributed by atoms with E-state index in [9.17, 15) is 0 Å². The zero-order valence-electron chi connectivity index (χ0n) is 10.0. The summed E-state index contributed by atoms with van der Waals surface area (Å²) in [6, 6.07) is 0. The fraction of sp³-hybridized carbons (Fsp3) is 1.00. The van der Waals surface area contributed by atoms with Gasteiger partial charge in [0.1, 0.15) is 0 Å². The Balaban J connectivity index is 1.74. The van der Waals surface area contributed by atoms with Gasteiger partial charge in [0, 0.05) is 12.5 Å². The van der Waals surface area contributed by atoms with Crippen molar-refractivity contribution < 1.29 is 9.47 Å². The van der Waals surface area contributed by atoms with Crippen molar-refractivity contribution in [2.45, 2.75) is 38.2 Å². The van der Waals surface area contributed by atoms with Crippen LogP contribution in [0.15, 0.2) is 0 Å². The van der Waals surface area contributed by atoms with Gasteiger partial charge in [-0.05, 0) is 31.2 Å². The lowest BCUT2D eigenvalue weighted by Gasteiger charge is -2.46. The molecule has 2 heterocycles. The molecule has 16 heavy (non-hydrogen) atoms. The molecule has 2 saturated heterocycles. The van der Waals surface area contributed by atoms with E-state index in [1.54, 1.807) is 0 Å². The number of rotatable bonds is 1. The van der Waals surface area contributed by atoms with E-state index in [4.69, 9.17) is 9.47 Å². The Morgan fingerprint density at radius 3 is 2.69 bits per heavy atom. The van der Waals surface area contributed by atoms with Crippen LogP contribution in [-0.4, -0.2) is 39.0 Å². The molecule has 2 unspecified atom stereocenters. The predicted molar refractivity (Wildman–Crippen MR) is 62.4 cm³/mol. The Morgan fingerprint density at radius 2 is 1.94 bits per heavy atom. The molecule has 92 valence electrons. The quantitative estimate of drug-likeness (QED) is 0.735. The average molecular weight is 225 g/mol. The van der Waals surface area contributed by atoms with Crippen LogP contribution in [0.4, 0.5) is 0 Å². The van der Waals surface area contributed by atoms with Crippen molar-refractivity contribution in [3.63, 3.8) is 0 Å². The van der Waals surface area contributed by atoms with Gasteiger partial charge in [-0.2, -0.15) is 0 Å². The van der Waals surface area contributed by atoms with Gasteiger partial charge < -0.3 is 14.8 Å². The highest BCUT2D eigenvalue weighted by atomic mass is 16.6. The van der Waals surface area contributed by atoms with Crippen molar-refractivity contribution in [2.75, 3.05) is 32.9 Å². The smallest absolute Gasteiger partial charge is 0.0855 e. The van der Waals surface area contributed by atoms with Gasteiger partial charge in [-0.3, -0.25) is 0 Å². The zero-order valence-corrected chi connectivity index (χ0v) is 10.0. The van der Waals surface area contributed by atoms with Gasteiger partial charge >= 0.3 is 0 Å². The summed E-state index contributed by atoms with van der Waals surface area (Å²) in [7, 11) is 0. The number of hydrogen-bond acceptors (Lipinski definition) is 3. The summed E-state index contributed by atoms with van der Waals surface area (Å²) in [5.74, 6) is 0.684. The highest BCUT2D eigenvalue weighted by Gasteiger charge is 2.46. The first-order valence-corrected chi connectivity index (χ1v) is 6.81. The molecule has 0 bridgehead atoms. The van der Waals surface area contributed by atoms with Crippen LogP contribution >= 0.6 is 0 Å². The summed E-state index contributed by atoms with van der Waals surface area (Å²) in [6.07, 6.45) is 7.36. The van der Waals surface area contributed by atoms with E-state index in [0.717, 1.165) is 26.4 Å². The van der Waals surface area contributed by atoms with Gasteiger partial charge in [-0.15, -0.1) is 0 Å². The molecule has 1 spiro atoms. The standard InChI is InChI=1S/C13H23NO2/c1-2-4-13(3-1)5-6-14-9-11(13)12-10-15-7-8-16-12/h11-12,14H,1-10H2. The summed E-state index contributed by atoms with van der Waals surface area (Å²) in [5.41, 5.74) is 0.580. The maximum absolute atomic E-state index is 5.94. The second-order valence-electron chi connectivity index (χ2n) is 5.61.